The molecule has 1 amide bonds. The monoisotopic (exact) mass is 381 g/mol. The fourth-order valence-corrected chi connectivity index (χ4v) is 3.54. The van der Waals surface area contributed by atoms with E-state index in [1.165, 1.54) is 0 Å². The van der Waals surface area contributed by atoms with E-state index in [0.29, 0.717) is 0 Å². The van der Waals surface area contributed by atoms with Gasteiger partial charge in [0.1, 0.15) is 11.4 Å². The number of hydrogen-bond donors (Lipinski definition) is 0. The average molecular weight is 382 g/mol. The van der Waals surface area contributed by atoms with E-state index in [4.69, 9.17) is 4.74 Å². The van der Waals surface area contributed by atoms with E-state index in [2.05, 4.69) is 31.9 Å². The normalized spacial score (nSPS) is 20.3. The third-order valence-corrected chi connectivity index (χ3v) is 5.03. The number of rotatable bonds is 1. The second-order valence-corrected chi connectivity index (χ2v) is 8.57. The molecule has 1 spiro atoms. The van der Waals surface area contributed by atoms with Gasteiger partial charge in [-0.2, -0.15) is 0 Å². The van der Waals surface area contributed by atoms with Gasteiger partial charge in [-0.05, 0) is 61.7 Å². The van der Waals surface area contributed by atoms with Crippen molar-refractivity contribution in [2.45, 2.75) is 39.2 Å². The van der Waals surface area contributed by atoms with E-state index < -0.39 is 5.60 Å². The number of pyridine rings is 1. The van der Waals surface area contributed by atoms with Crippen LogP contribution in [0.3, 0.4) is 0 Å². The summed E-state index contributed by atoms with van der Waals surface area (Å²) < 4.78 is 6.44. The summed E-state index contributed by atoms with van der Waals surface area (Å²) in [6.07, 6.45) is 3.86. The van der Waals surface area contributed by atoms with Gasteiger partial charge in [-0.1, -0.05) is 0 Å². The molecule has 3 rings (SSSR count). The number of halogens is 1. The van der Waals surface area contributed by atoms with Crippen molar-refractivity contribution in [3.8, 4) is 0 Å². The van der Waals surface area contributed by atoms with Gasteiger partial charge in [0.15, 0.2) is 0 Å². The molecule has 0 atom stereocenters. The van der Waals surface area contributed by atoms with Gasteiger partial charge in [0.2, 0.25) is 0 Å². The van der Waals surface area contributed by atoms with Crippen molar-refractivity contribution >= 4 is 27.8 Å². The smallest absolute Gasteiger partial charge is 0.410 e. The van der Waals surface area contributed by atoms with Gasteiger partial charge in [-0.15, -0.1) is 0 Å². The number of likely N-dealkylation sites (tertiary alicyclic amines) is 1. The van der Waals surface area contributed by atoms with Crippen LogP contribution in [0.4, 0.5) is 10.6 Å². The largest absolute Gasteiger partial charge is 0.444 e. The number of hydrogen-bond acceptors (Lipinski definition) is 4. The van der Waals surface area contributed by atoms with Crippen LogP contribution in [0.25, 0.3) is 0 Å². The lowest BCUT2D eigenvalue weighted by atomic mass is 9.72. The first-order valence-corrected chi connectivity index (χ1v) is 8.90. The minimum absolute atomic E-state index is 0.180. The summed E-state index contributed by atoms with van der Waals surface area (Å²) in [4.78, 5) is 20.7. The lowest BCUT2D eigenvalue weighted by Crippen LogP contribution is -2.62. The van der Waals surface area contributed by atoms with Gasteiger partial charge < -0.3 is 14.5 Å². The van der Waals surface area contributed by atoms with Crippen molar-refractivity contribution in [2.75, 3.05) is 31.1 Å². The molecule has 3 heterocycles. The predicted molar refractivity (Wildman–Crippen MR) is 93.6 cm³/mol. The highest BCUT2D eigenvalue weighted by Gasteiger charge is 2.47. The van der Waals surface area contributed by atoms with Crippen LogP contribution in [0, 0.1) is 5.41 Å². The molecular formula is C17H24BrN3O2. The molecule has 0 aliphatic carbocycles. The average Bonchev–Trinajstić information content (AvgIpc) is 2.44. The first-order chi connectivity index (χ1) is 10.8. The lowest BCUT2D eigenvalue weighted by molar-refractivity contribution is -0.0434. The van der Waals surface area contributed by atoms with Crippen molar-refractivity contribution in [1.29, 1.82) is 0 Å². The van der Waals surface area contributed by atoms with Gasteiger partial charge in [0.25, 0.3) is 0 Å². The van der Waals surface area contributed by atoms with Gasteiger partial charge in [-0.25, -0.2) is 9.78 Å². The molecule has 2 saturated heterocycles. The molecule has 2 aliphatic heterocycles. The summed E-state index contributed by atoms with van der Waals surface area (Å²) in [7, 11) is 0. The van der Waals surface area contributed by atoms with Crippen molar-refractivity contribution in [3.63, 3.8) is 0 Å². The Hall–Kier alpha value is -1.30. The summed E-state index contributed by atoms with van der Waals surface area (Å²) >= 11 is 3.42. The molecule has 5 nitrogen and oxygen atoms in total. The van der Waals surface area contributed by atoms with Crippen molar-refractivity contribution in [2.24, 2.45) is 5.41 Å². The summed E-state index contributed by atoms with van der Waals surface area (Å²) in [6.45, 7) is 9.36. The Morgan fingerprint density at radius 3 is 2.43 bits per heavy atom. The molecule has 0 unspecified atom stereocenters. The molecule has 2 fully saturated rings. The van der Waals surface area contributed by atoms with Gasteiger partial charge in [0, 0.05) is 42.3 Å². The molecular weight excluding hydrogens is 358 g/mol. The SMILES string of the molecule is CC(C)(C)OC(=O)N1CC2(CCN(c3ccc(Br)cn3)CC2)C1. The summed E-state index contributed by atoms with van der Waals surface area (Å²) in [6, 6.07) is 4.08. The van der Waals surface area contributed by atoms with E-state index in [9.17, 15) is 4.79 Å². The highest BCUT2D eigenvalue weighted by molar-refractivity contribution is 9.10. The highest BCUT2D eigenvalue weighted by atomic mass is 79.9. The number of piperidine rings is 1. The maximum atomic E-state index is 12.1. The maximum Gasteiger partial charge on any atom is 0.410 e. The molecule has 0 radical (unpaired) electrons. The van der Waals surface area contributed by atoms with Crippen LogP contribution < -0.4 is 4.90 Å². The van der Waals surface area contributed by atoms with E-state index in [1.807, 2.05) is 37.9 Å². The highest BCUT2D eigenvalue weighted by Crippen LogP contribution is 2.41. The summed E-state index contributed by atoms with van der Waals surface area (Å²) in [5.41, 5.74) is -0.140. The Morgan fingerprint density at radius 1 is 1.26 bits per heavy atom. The Morgan fingerprint density at radius 2 is 1.91 bits per heavy atom. The topological polar surface area (TPSA) is 45.7 Å². The Bertz CT molecular complexity index is 566. The van der Waals surface area contributed by atoms with Crippen molar-refractivity contribution in [3.05, 3.63) is 22.8 Å². The summed E-state index contributed by atoms with van der Waals surface area (Å²) in [5.74, 6) is 1.03. The number of aromatic nitrogens is 1. The van der Waals surface area contributed by atoms with Crippen molar-refractivity contribution in [1.82, 2.24) is 9.88 Å². The number of ether oxygens (including phenoxy) is 1. The second kappa shape index (κ2) is 5.96. The molecule has 23 heavy (non-hydrogen) atoms. The Labute approximate surface area is 146 Å². The molecule has 0 aromatic carbocycles. The number of anilines is 1. The fraction of sp³-hybridized carbons (Fsp3) is 0.647. The standard InChI is InChI=1S/C17H24BrN3O2/c1-16(2,3)23-15(22)21-11-17(12-21)6-8-20(9-7-17)14-5-4-13(18)10-19-14/h4-5,10H,6-9,11-12H2,1-3H3. The Kier molecular flexibility index (Phi) is 4.29. The third kappa shape index (κ3) is 3.79. The first kappa shape index (κ1) is 16.6. The molecule has 2 aliphatic rings. The van der Waals surface area contributed by atoms with E-state index in [-0.39, 0.29) is 11.5 Å². The van der Waals surface area contributed by atoms with E-state index in [1.54, 1.807) is 0 Å². The molecule has 0 bridgehead atoms. The van der Waals surface area contributed by atoms with Crippen molar-refractivity contribution < 1.29 is 9.53 Å². The quantitative estimate of drug-likeness (QED) is 0.744. The van der Waals surface area contributed by atoms with Crippen LogP contribution in [0.1, 0.15) is 33.6 Å². The molecule has 0 saturated carbocycles. The molecule has 0 N–H and O–H groups in total. The van der Waals surface area contributed by atoms with Crippen LogP contribution in [-0.4, -0.2) is 47.8 Å². The van der Waals surface area contributed by atoms with Gasteiger partial charge in [0.05, 0.1) is 0 Å². The Balaban J connectivity index is 1.51. The molecule has 1 aromatic rings. The molecule has 126 valence electrons. The predicted octanol–water partition coefficient (Wildman–Crippen LogP) is 3.68. The van der Waals surface area contributed by atoms with Crippen LogP contribution in [0.15, 0.2) is 22.8 Å². The number of nitrogens with zero attached hydrogens (tertiary/aromatic N) is 3. The van der Waals surface area contributed by atoms with Crippen LogP contribution in [0.5, 0.6) is 0 Å². The zero-order chi connectivity index (χ0) is 16.7. The number of carbonyl (C=O) groups is 1. The lowest BCUT2D eigenvalue weighted by Gasteiger charge is -2.53. The zero-order valence-corrected chi connectivity index (χ0v) is 15.6. The van der Waals surface area contributed by atoms with Crippen LogP contribution in [0.2, 0.25) is 0 Å². The van der Waals surface area contributed by atoms with Crippen LogP contribution >= 0.6 is 15.9 Å². The second-order valence-electron chi connectivity index (χ2n) is 7.66. The third-order valence-electron chi connectivity index (χ3n) is 4.56. The van der Waals surface area contributed by atoms with Crippen LogP contribution in [-0.2, 0) is 4.74 Å². The molecule has 1 aromatic heterocycles. The summed E-state index contributed by atoms with van der Waals surface area (Å²) in [5, 5.41) is 0. The fourth-order valence-electron chi connectivity index (χ4n) is 3.30. The van der Waals surface area contributed by atoms with E-state index in [0.717, 1.165) is 49.3 Å². The number of carbonyl (C=O) groups excluding carboxylic acids is 1. The van der Waals surface area contributed by atoms with Gasteiger partial charge >= 0.3 is 6.09 Å². The van der Waals surface area contributed by atoms with Gasteiger partial charge in [-0.3, -0.25) is 0 Å². The number of amides is 1. The zero-order valence-electron chi connectivity index (χ0n) is 14.0. The minimum atomic E-state index is -0.420. The first-order valence-electron chi connectivity index (χ1n) is 8.11. The maximum absolute atomic E-state index is 12.1. The molecule has 6 heteroatoms. The minimum Gasteiger partial charge on any atom is -0.444 e. The van der Waals surface area contributed by atoms with E-state index >= 15 is 0 Å².